The van der Waals surface area contributed by atoms with Crippen LogP contribution in [-0.4, -0.2) is 18.1 Å². The number of aryl methyl sites for hydroxylation is 3. The van der Waals surface area contributed by atoms with Gasteiger partial charge in [-0.15, -0.1) is 0 Å². The summed E-state index contributed by atoms with van der Waals surface area (Å²) in [6.45, 7) is 6.13. The van der Waals surface area contributed by atoms with Crippen LogP contribution in [0.15, 0.2) is 17.1 Å². The molecule has 0 atom stereocenters. The van der Waals surface area contributed by atoms with Crippen LogP contribution in [-0.2, 0) is 0 Å². The molecule has 5 heteroatoms. The van der Waals surface area contributed by atoms with Crippen LogP contribution in [0.25, 0.3) is 0 Å². The number of anilines is 1. The number of thiocarbonyl (C=S) groups is 1. The van der Waals surface area contributed by atoms with Crippen molar-refractivity contribution in [1.82, 2.24) is 5.32 Å². The smallest absolute Gasteiger partial charge is 0.200 e. The SMILES string of the molecule is CNC(=S)/N=C(\N)Nc1c(C)cc(C)cc1C. The summed E-state index contributed by atoms with van der Waals surface area (Å²) in [5.41, 5.74) is 10.3. The number of aliphatic imine (C=N–C) groups is 1. The van der Waals surface area contributed by atoms with Crippen LogP contribution in [0.5, 0.6) is 0 Å². The van der Waals surface area contributed by atoms with E-state index in [4.69, 9.17) is 18.0 Å². The molecule has 4 N–H and O–H groups in total. The number of nitrogens with one attached hydrogen (secondary N) is 2. The number of nitrogens with two attached hydrogens (primary N) is 1. The fourth-order valence-corrected chi connectivity index (χ4v) is 1.80. The summed E-state index contributed by atoms with van der Waals surface area (Å²) >= 11 is 4.92. The first kappa shape index (κ1) is 13.4. The first-order valence-electron chi connectivity index (χ1n) is 5.34. The first-order chi connectivity index (χ1) is 7.93. The molecule has 0 saturated carbocycles. The molecule has 1 aromatic rings. The Kier molecular flexibility index (Phi) is 4.45. The summed E-state index contributed by atoms with van der Waals surface area (Å²) in [4.78, 5) is 4.00. The molecule has 0 unspecified atom stereocenters. The predicted molar refractivity (Wildman–Crippen MR) is 77.6 cm³/mol. The predicted octanol–water partition coefficient (Wildman–Crippen LogP) is 1.84. The van der Waals surface area contributed by atoms with E-state index >= 15 is 0 Å². The van der Waals surface area contributed by atoms with E-state index in [0.717, 1.165) is 16.8 Å². The van der Waals surface area contributed by atoms with Crippen LogP contribution in [0.3, 0.4) is 0 Å². The third kappa shape index (κ3) is 3.71. The van der Waals surface area contributed by atoms with Crippen molar-refractivity contribution in [2.24, 2.45) is 10.7 Å². The Morgan fingerprint density at radius 3 is 2.24 bits per heavy atom. The van der Waals surface area contributed by atoms with Crippen molar-refractivity contribution in [3.05, 3.63) is 28.8 Å². The van der Waals surface area contributed by atoms with E-state index in [1.165, 1.54) is 5.56 Å². The fraction of sp³-hybridized carbons (Fsp3) is 0.333. The molecule has 1 aromatic carbocycles. The van der Waals surface area contributed by atoms with Crippen LogP contribution >= 0.6 is 12.2 Å². The highest BCUT2D eigenvalue weighted by atomic mass is 32.1. The molecule has 0 saturated heterocycles. The lowest BCUT2D eigenvalue weighted by molar-refractivity contribution is 1.18. The highest BCUT2D eigenvalue weighted by Crippen LogP contribution is 2.21. The molecular formula is C12H18N4S. The van der Waals surface area contributed by atoms with Gasteiger partial charge in [0.15, 0.2) is 5.11 Å². The zero-order valence-electron chi connectivity index (χ0n) is 10.6. The van der Waals surface area contributed by atoms with Crippen LogP contribution in [0.1, 0.15) is 16.7 Å². The number of guanidine groups is 1. The molecule has 1 rings (SSSR count). The summed E-state index contributed by atoms with van der Waals surface area (Å²) in [6.07, 6.45) is 0. The number of rotatable bonds is 1. The third-order valence-electron chi connectivity index (χ3n) is 2.37. The quantitative estimate of drug-likeness (QED) is 0.404. The Bertz CT molecular complexity index is 443. The van der Waals surface area contributed by atoms with Gasteiger partial charge in [-0.3, -0.25) is 0 Å². The van der Waals surface area contributed by atoms with Crippen molar-refractivity contribution < 1.29 is 0 Å². The van der Waals surface area contributed by atoms with Gasteiger partial charge in [0.05, 0.1) is 0 Å². The van der Waals surface area contributed by atoms with Gasteiger partial charge in [-0.1, -0.05) is 17.7 Å². The summed E-state index contributed by atoms with van der Waals surface area (Å²) in [7, 11) is 1.71. The maximum absolute atomic E-state index is 5.77. The standard InChI is InChI=1S/C12H18N4S/c1-7-5-8(2)10(9(3)6-7)15-11(13)16-12(17)14-4/h5-6H,1-4H3,(H4,13,14,15,16,17). The lowest BCUT2D eigenvalue weighted by Crippen LogP contribution is -2.27. The number of nitrogens with zero attached hydrogens (tertiary/aromatic N) is 1. The van der Waals surface area contributed by atoms with Crippen LogP contribution in [0.2, 0.25) is 0 Å². The van der Waals surface area contributed by atoms with Gasteiger partial charge < -0.3 is 16.4 Å². The minimum atomic E-state index is 0.291. The number of hydrogen-bond acceptors (Lipinski definition) is 1. The minimum Gasteiger partial charge on any atom is -0.369 e. The normalized spacial score (nSPS) is 11.2. The maximum atomic E-state index is 5.77. The summed E-state index contributed by atoms with van der Waals surface area (Å²) in [6, 6.07) is 4.19. The highest BCUT2D eigenvalue weighted by molar-refractivity contribution is 7.80. The van der Waals surface area contributed by atoms with Crippen LogP contribution < -0.4 is 16.4 Å². The summed E-state index contributed by atoms with van der Waals surface area (Å²) in [5.74, 6) is 0.291. The Labute approximate surface area is 107 Å². The lowest BCUT2D eigenvalue weighted by atomic mass is 10.1. The van der Waals surface area contributed by atoms with E-state index in [2.05, 4.69) is 34.7 Å². The van der Waals surface area contributed by atoms with Crippen molar-refractivity contribution in [3.63, 3.8) is 0 Å². The van der Waals surface area contributed by atoms with E-state index < -0.39 is 0 Å². The van der Waals surface area contributed by atoms with Gasteiger partial charge in [0.2, 0.25) is 5.96 Å². The molecule has 0 amide bonds. The molecule has 0 aromatic heterocycles. The average molecular weight is 250 g/mol. The van der Waals surface area contributed by atoms with E-state index in [9.17, 15) is 0 Å². The molecule has 0 aliphatic rings. The zero-order chi connectivity index (χ0) is 13.0. The molecular weight excluding hydrogens is 232 g/mol. The van der Waals surface area contributed by atoms with Gasteiger partial charge in [0.1, 0.15) is 0 Å². The summed E-state index contributed by atoms with van der Waals surface area (Å²) in [5, 5.41) is 6.17. The molecule has 17 heavy (non-hydrogen) atoms. The van der Waals surface area contributed by atoms with E-state index in [-0.39, 0.29) is 0 Å². The van der Waals surface area contributed by atoms with E-state index in [1.54, 1.807) is 7.05 Å². The van der Waals surface area contributed by atoms with Gasteiger partial charge in [0.25, 0.3) is 0 Å². The van der Waals surface area contributed by atoms with Crippen molar-refractivity contribution in [2.75, 3.05) is 12.4 Å². The topological polar surface area (TPSA) is 62.4 Å². The molecule has 0 fully saturated rings. The molecule has 0 aliphatic carbocycles. The molecule has 0 radical (unpaired) electrons. The largest absolute Gasteiger partial charge is 0.369 e. The van der Waals surface area contributed by atoms with Gasteiger partial charge in [-0.2, -0.15) is 4.99 Å². The summed E-state index contributed by atoms with van der Waals surface area (Å²) < 4.78 is 0. The molecule has 0 heterocycles. The maximum Gasteiger partial charge on any atom is 0.200 e. The van der Waals surface area contributed by atoms with Crippen molar-refractivity contribution in [2.45, 2.75) is 20.8 Å². The molecule has 0 aliphatic heterocycles. The monoisotopic (exact) mass is 250 g/mol. The zero-order valence-corrected chi connectivity index (χ0v) is 11.4. The Balaban J connectivity index is 2.96. The molecule has 0 spiro atoms. The fourth-order valence-electron chi connectivity index (χ4n) is 1.70. The van der Waals surface area contributed by atoms with Crippen LogP contribution in [0, 0.1) is 20.8 Å². The average Bonchev–Trinajstić information content (AvgIpc) is 2.23. The van der Waals surface area contributed by atoms with E-state index in [1.807, 2.05) is 13.8 Å². The third-order valence-corrected chi connectivity index (χ3v) is 2.66. The Hall–Kier alpha value is -1.62. The van der Waals surface area contributed by atoms with Gasteiger partial charge >= 0.3 is 0 Å². The van der Waals surface area contributed by atoms with E-state index in [0.29, 0.717) is 11.1 Å². The molecule has 92 valence electrons. The van der Waals surface area contributed by atoms with Crippen molar-refractivity contribution in [1.29, 1.82) is 0 Å². The minimum absolute atomic E-state index is 0.291. The van der Waals surface area contributed by atoms with Gasteiger partial charge in [0, 0.05) is 12.7 Å². The Morgan fingerprint density at radius 2 is 1.76 bits per heavy atom. The second kappa shape index (κ2) is 5.63. The second-order valence-electron chi connectivity index (χ2n) is 3.95. The molecule has 4 nitrogen and oxygen atoms in total. The van der Waals surface area contributed by atoms with Gasteiger partial charge in [-0.25, -0.2) is 0 Å². The second-order valence-corrected chi connectivity index (χ2v) is 4.34. The Morgan fingerprint density at radius 1 is 1.24 bits per heavy atom. The molecule has 0 bridgehead atoms. The van der Waals surface area contributed by atoms with Crippen molar-refractivity contribution in [3.8, 4) is 0 Å². The first-order valence-corrected chi connectivity index (χ1v) is 5.75. The number of benzene rings is 1. The lowest BCUT2D eigenvalue weighted by Gasteiger charge is -2.13. The van der Waals surface area contributed by atoms with Crippen molar-refractivity contribution >= 4 is 29.0 Å². The highest BCUT2D eigenvalue weighted by Gasteiger charge is 2.05. The number of hydrogen-bond donors (Lipinski definition) is 3. The van der Waals surface area contributed by atoms with Crippen LogP contribution in [0.4, 0.5) is 5.69 Å². The van der Waals surface area contributed by atoms with Gasteiger partial charge in [-0.05, 0) is 44.1 Å².